The Bertz CT molecular complexity index is 1350. The number of Topliss-reactive ketones (excluding diaryl/α,β-unsaturated/α-hetero) is 1. The van der Waals surface area contributed by atoms with Crippen LogP contribution in [0, 0.1) is 0 Å². The van der Waals surface area contributed by atoms with Crippen LogP contribution in [0.25, 0.3) is 5.76 Å². The highest BCUT2D eigenvalue weighted by molar-refractivity contribution is 6.52. The normalized spacial score (nSPS) is 17.2. The predicted molar refractivity (Wildman–Crippen MR) is 146 cm³/mol. The summed E-state index contributed by atoms with van der Waals surface area (Å²) in [6, 6.07) is 18.6. The first kappa shape index (κ1) is 26.3. The van der Waals surface area contributed by atoms with Crippen molar-refractivity contribution in [3.8, 4) is 11.5 Å². The molecular weight excluding hydrogens is 490 g/mol. The van der Waals surface area contributed by atoms with E-state index in [1.54, 1.807) is 42.5 Å². The summed E-state index contributed by atoms with van der Waals surface area (Å²) in [6.07, 6.45) is 0. The number of ketones is 1. The number of aliphatic hydroxyl groups excluding tert-OH is 1. The van der Waals surface area contributed by atoms with Gasteiger partial charge in [-0.2, -0.15) is 0 Å². The maximum atomic E-state index is 13.4. The van der Waals surface area contributed by atoms with Gasteiger partial charge in [-0.1, -0.05) is 56.6 Å². The molecule has 1 amide bonds. The van der Waals surface area contributed by atoms with Crippen LogP contribution in [-0.4, -0.2) is 30.5 Å². The van der Waals surface area contributed by atoms with Gasteiger partial charge in [0.05, 0.1) is 30.4 Å². The molecule has 1 saturated heterocycles. The van der Waals surface area contributed by atoms with E-state index in [9.17, 15) is 14.7 Å². The van der Waals surface area contributed by atoms with E-state index in [2.05, 4.69) is 20.8 Å². The van der Waals surface area contributed by atoms with Gasteiger partial charge in [0.15, 0.2) is 0 Å². The molecule has 1 aliphatic rings. The number of hydrogen-bond acceptors (Lipinski definition) is 5. The lowest BCUT2D eigenvalue weighted by atomic mass is 9.85. The lowest BCUT2D eigenvalue weighted by Crippen LogP contribution is -2.29. The Hall–Kier alpha value is -3.77. The van der Waals surface area contributed by atoms with Crippen LogP contribution in [0.15, 0.2) is 72.3 Å². The number of benzene rings is 3. The van der Waals surface area contributed by atoms with E-state index in [4.69, 9.17) is 21.1 Å². The molecule has 0 spiro atoms. The quantitative estimate of drug-likeness (QED) is 0.223. The van der Waals surface area contributed by atoms with Gasteiger partial charge < -0.3 is 14.6 Å². The number of ether oxygens (including phenoxy) is 2. The van der Waals surface area contributed by atoms with E-state index in [0.717, 1.165) is 5.56 Å². The third-order valence-corrected chi connectivity index (χ3v) is 6.72. The van der Waals surface area contributed by atoms with E-state index >= 15 is 0 Å². The molecule has 1 fully saturated rings. The maximum absolute atomic E-state index is 13.4. The van der Waals surface area contributed by atoms with Crippen molar-refractivity contribution in [1.29, 1.82) is 0 Å². The van der Waals surface area contributed by atoms with E-state index in [1.807, 2.05) is 31.2 Å². The van der Waals surface area contributed by atoms with Crippen molar-refractivity contribution in [2.24, 2.45) is 0 Å². The number of aliphatic hydroxyl groups is 1. The molecule has 1 unspecified atom stereocenters. The summed E-state index contributed by atoms with van der Waals surface area (Å²) in [6.45, 7) is 8.72. The standard InChI is InChI=1S/C30H30ClNO5/c1-6-37-21-13-11-20(12-14-21)32-26(18-7-9-19(10-8-18)30(2,3)4)25(28(34)29(32)35)27(33)23-17-22(36-5)15-16-24(23)31/h7-17,26,33H,6H2,1-5H3/b27-25+. The van der Waals surface area contributed by atoms with Crippen molar-refractivity contribution in [2.45, 2.75) is 39.2 Å². The number of anilines is 1. The van der Waals surface area contributed by atoms with Crippen LogP contribution >= 0.6 is 11.6 Å². The summed E-state index contributed by atoms with van der Waals surface area (Å²) in [5.74, 6) is -0.791. The van der Waals surface area contributed by atoms with Crippen LogP contribution in [-0.2, 0) is 15.0 Å². The average Bonchev–Trinajstić information content (AvgIpc) is 3.14. The molecule has 1 atom stereocenters. The first-order chi connectivity index (χ1) is 17.6. The highest BCUT2D eigenvalue weighted by Gasteiger charge is 2.47. The van der Waals surface area contributed by atoms with E-state index in [1.165, 1.54) is 12.0 Å². The third-order valence-electron chi connectivity index (χ3n) is 6.39. The summed E-state index contributed by atoms with van der Waals surface area (Å²) in [7, 11) is 1.49. The molecule has 4 rings (SSSR count). The number of rotatable bonds is 6. The topological polar surface area (TPSA) is 76.1 Å². The first-order valence-corrected chi connectivity index (χ1v) is 12.4. The number of carbonyl (C=O) groups is 2. The number of halogens is 1. The molecule has 1 aliphatic heterocycles. The Morgan fingerprint density at radius 3 is 2.16 bits per heavy atom. The molecule has 192 valence electrons. The second-order valence-corrected chi connectivity index (χ2v) is 10.2. The van der Waals surface area contributed by atoms with Crippen LogP contribution in [0.2, 0.25) is 5.02 Å². The van der Waals surface area contributed by atoms with E-state index < -0.39 is 17.7 Å². The zero-order valence-electron chi connectivity index (χ0n) is 21.5. The Labute approximate surface area is 222 Å². The minimum absolute atomic E-state index is 0.0439. The molecular formula is C30H30ClNO5. The van der Waals surface area contributed by atoms with Crippen molar-refractivity contribution >= 4 is 34.7 Å². The van der Waals surface area contributed by atoms with Gasteiger partial charge in [0, 0.05) is 11.3 Å². The van der Waals surface area contributed by atoms with Crippen LogP contribution in [0.4, 0.5) is 5.69 Å². The fourth-order valence-electron chi connectivity index (χ4n) is 4.41. The molecule has 3 aromatic carbocycles. The Kier molecular flexibility index (Phi) is 7.32. The second kappa shape index (κ2) is 10.3. The van der Waals surface area contributed by atoms with Gasteiger partial charge in [-0.15, -0.1) is 0 Å². The predicted octanol–water partition coefficient (Wildman–Crippen LogP) is 6.67. The Morgan fingerprint density at radius 1 is 0.973 bits per heavy atom. The summed E-state index contributed by atoms with van der Waals surface area (Å²) in [4.78, 5) is 28.3. The lowest BCUT2D eigenvalue weighted by Gasteiger charge is -2.27. The molecule has 1 N–H and O–H groups in total. The van der Waals surface area contributed by atoms with Gasteiger partial charge in [0.2, 0.25) is 0 Å². The molecule has 0 aromatic heterocycles. The lowest BCUT2D eigenvalue weighted by molar-refractivity contribution is -0.132. The smallest absolute Gasteiger partial charge is 0.300 e. The van der Waals surface area contributed by atoms with Gasteiger partial charge in [0.25, 0.3) is 11.7 Å². The Morgan fingerprint density at radius 2 is 1.59 bits per heavy atom. The summed E-state index contributed by atoms with van der Waals surface area (Å²) in [5, 5.41) is 11.7. The summed E-state index contributed by atoms with van der Waals surface area (Å²) < 4.78 is 10.8. The monoisotopic (exact) mass is 519 g/mol. The van der Waals surface area contributed by atoms with Crippen LogP contribution in [0.1, 0.15) is 50.4 Å². The number of amides is 1. The SMILES string of the molecule is CCOc1ccc(N2C(=O)C(=O)/C(=C(/O)c3cc(OC)ccc3Cl)C2c2ccc(C(C)(C)C)cc2)cc1. The Balaban J connectivity index is 1.92. The van der Waals surface area contributed by atoms with Crippen molar-refractivity contribution in [2.75, 3.05) is 18.6 Å². The summed E-state index contributed by atoms with van der Waals surface area (Å²) in [5.41, 5.74) is 2.38. The van der Waals surface area contributed by atoms with Crippen molar-refractivity contribution < 1.29 is 24.2 Å². The van der Waals surface area contributed by atoms with Crippen LogP contribution < -0.4 is 14.4 Å². The molecule has 0 aliphatic carbocycles. The third kappa shape index (κ3) is 5.07. The molecule has 0 bridgehead atoms. The van der Waals surface area contributed by atoms with E-state index in [-0.39, 0.29) is 27.3 Å². The molecule has 1 heterocycles. The van der Waals surface area contributed by atoms with Gasteiger partial charge in [-0.05, 0) is 65.9 Å². The molecule has 7 heteroatoms. The van der Waals surface area contributed by atoms with Crippen LogP contribution in [0.5, 0.6) is 11.5 Å². The van der Waals surface area contributed by atoms with Crippen molar-refractivity contribution in [3.05, 3.63) is 94.0 Å². The van der Waals surface area contributed by atoms with Crippen molar-refractivity contribution in [1.82, 2.24) is 0 Å². The first-order valence-electron chi connectivity index (χ1n) is 12.0. The largest absolute Gasteiger partial charge is 0.507 e. The number of carbonyl (C=O) groups excluding carboxylic acids is 2. The minimum Gasteiger partial charge on any atom is -0.507 e. The second-order valence-electron chi connectivity index (χ2n) is 9.81. The van der Waals surface area contributed by atoms with Gasteiger partial charge >= 0.3 is 0 Å². The molecule has 0 saturated carbocycles. The van der Waals surface area contributed by atoms with Gasteiger partial charge in [-0.25, -0.2) is 0 Å². The zero-order chi connectivity index (χ0) is 26.9. The minimum atomic E-state index is -0.866. The molecule has 6 nitrogen and oxygen atoms in total. The highest BCUT2D eigenvalue weighted by Crippen LogP contribution is 2.44. The number of hydrogen-bond donors (Lipinski definition) is 1. The van der Waals surface area contributed by atoms with Gasteiger partial charge in [0.1, 0.15) is 17.3 Å². The maximum Gasteiger partial charge on any atom is 0.300 e. The summed E-state index contributed by atoms with van der Waals surface area (Å²) >= 11 is 6.40. The van der Waals surface area contributed by atoms with Crippen LogP contribution in [0.3, 0.4) is 0 Å². The zero-order valence-corrected chi connectivity index (χ0v) is 22.3. The molecule has 0 radical (unpaired) electrons. The van der Waals surface area contributed by atoms with E-state index in [0.29, 0.717) is 29.4 Å². The fourth-order valence-corrected chi connectivity index (χ4v) is 4.61. The fraction of sp³-hybridized carbons (Fsp3) is 0.267. The van der Waals surface area contributed by atoms with Crippen molar-refractivity contribution in [3.63, 3.8) is 0 Å². The average molecular weight is 520 g/mol. The van der Waals surface area contributed by atoms with Gasteiger partial charge in [-0.3, -0.25) is 14.5 Å². The number of nitrogens with zero attached hydrogens (tertiary/aromatic N) is 1. The molecule has 3 aromatic rings. The highest BCUT2D eigenvalue weighted by atomic mass is 35.5. The molecule has 37 heavy (non-hydrogen) atoms. The number of methoxy groups -OCH3 is 1.